The van der Waals surface area contributed by atoms with Crippen LogP contribution in [0, 0.1) is 0 Å². The maximum atomic E-state index is 12.7. The molecule has 0 aromatic heterocycles. The van der Waals surface area contributed by atoms with Crippen LogP contribution in [0.1, 0.15) is 26.2 Å². The van der Waals surface area contributed by atoms with E-state index in [0.29, 0.717) is 11.4 Å². The summed E-state index contributed by atoms with van der Waals surface area (Å²) >= 11 is 0. The summed E-state index contributed by atoms with van der Waals surface area (Å²) in [5, 5.41) is 1.74. The molecule has 0 unspecified atom stereocenters. The average molecular weight is 291 g/mol. The summed E-state index contributed by atoms with van der Waals surface area (Å²) in [6.45, 7) is 2.68. The smallest absolute Gasteiger partial charge is 0.207 e. The molecule has 20 heavy (non-hydrogen) atoms. The Kier molecular flexibility index (Phi) is 4.78. The Bertz CT molecular complexity index is 674. The van der Waals surface area contributed by atoms with Crippen molar-refractivity contribution in [2.75, 3.05) is 13.6 Å². The van der Waals surface area contributed by atoms with Gasteiger partial charge in [0, 0.05) is 19.0 Å². The second-order valence-electron chi connectivity index (χ2n) is 5.01. The van der Waals surface area contributed by atoms with Gasteiger partial charge in [0.1, 0.15) is 0 Å². The van der Waals surface area contributed by atoms with Gasteiger partial charge in [0.2, 0.25) is 10.0 Å². The molecule has 0 fully saturated rings. The highest BCUT2D eigenvalue weighted by Crippen LogP contribution is 2.25. The summed E-state index contributed by atoms with van der Waals surface area (Å²) in [5.74, 6) is 0. The summed E-state index contributed by atoms with van der Waals surface area (Å²) in [6.07, 6.45) is 3.04. The fourth-order valence-corrected chi connectivity index (χ4v) is 3.71. The van der Waals surface area contributed by atoms with E-state index in [-0.39, 0.29) is 0 Å². The quantitative estimate of drug-likeness (QED) is 0.762. The van der Waals surface area contributed by atoms with Gasteiger partial charge in [0.25, 0.3) is 0 Å². The number of unbranched alkanes of at least 4 members (excludes halogenated alkanes) is 2. The molecule has 108 valence electrons. The summed E-state index contributed by atoms with van der Waals surface area (Å²) in [5.41, 5.74) is 0. The zero-order valence-corrected chi connectivity index (χ0v) is 12.9. The number of hydrogen-bond donors (Lipinski definition) is 0. The first kappa shape index (κ1) is 15.0. The fraction of sp³-hybridized carbons (Fsp3) is 0.375. The van der Waals surface area contributed by atoms with Gasteiger partial charge in [-0.25, -0.2) is 12.7 Å². The lowest BCUT2D eigenvalue weighted by molar-refractivity contribution is 0.455. The number of fused-ring (bicyclic) bond motifs is 1. The van der Waals surface area contributed by atoms with Gasteiger partial charge in [-0.2, -0.15) is 0 Å². The molecule has 2 aromatic carbocycles. The Morgan fingerprint density at radius 1 is 1.00 bits per heavy atom. The molecule has 0 radical (unpaired) electrons. The van der Waals surface area contributed by atoms with Crippen molar-refractivity contribution in [2.24, 2.45) is 0 Å². The Hall–Kier alpha value is -1.39. The predicted molar refractivity (Wildman–Crippen MR) is 83.3 cm³/mol. The summed E-state index contributed by atoms with van der Waals surface area (Å²) in [7, 11) is -1.75. The number of benzene rings is 2. The first-order chi connectivity index (χ1) is 9.57. The third kappa shape index (κ3) is 3.02. The minimum Gasteiger partial charge on any atom is -0.207 e. The monoisotopic (exact) mass is 291 g/mol. The number of rotatable bonds is 6. The number of hydrogen-bond acceptors (Lipinski definition) is 2. The van der Waals surface area contributed by atoms with E-state index in [2.05, 4.69) is 6.92 Å². The van der Waals surface area contributed by atoms with E-state index in [0.717, 1.165) is 30.0 Å². The summed E-state index contributed by atoms with van der Waals surface area (Å²) < 4.78 is 26.8. The molecule has 0 saturated heterocycles. The van der Waals surface area contributed by atoms with E-state index >= 15 is 0 Å². The molecule has 0 spiro atoms. The van der Waals surface area contributed by atoms with Crippen LogP contribution in [0.2, 0.25) is 0 Å². The van der Waals surface area contributed by atoms with Gasteiger partial charge in [-0.15, -0.1) is 0 Å². The molecule has 2 aromatic rings. The van der Waals surface area contributed by atoms with Crippen molar-refractivity contribution in [3.8, 4) is 0 Å². The van der Waals surface area contributed by atoms with E-state index in [4.69, 9.17) is 0 Å². The van der Waals surface area contributed by atoms with Crippen LogP contribution >= 0.6 is 0 Å². The highest BCUT2D eigenvalue weighted by Gasteiger charge is 2.22. The van der Waals surface area contributed by atoms with Gasteiger partial charge < -0.3 is 0 Å². The molecule has 0 atom stereocenters. The number of nitrogens with zero attached hydrogens (tertiary/aromatic N) is 1. The van der Waals surface area contributed by atoms with Crippen LogP contribution in [-0.2, 0) is 10.0 Å². The van der Waals surface area contributed by atoms with Crippen molar-refractivity contribution in [2.45, 2.75) is 31.1 Å². The van der Waals surface area contributed by atoms with Crippen LogP contribution in [-0.4, -0.2) is 26.3 Å². The normalized spacial score (nSPS) is 12.2. The molecule has 0 aliphatic carbocycles. The Labute approximate surface area is 121 Å². The van der Waals surface area contributed by atoms with Gasteiger partial charge in [0.15, 0.2) is 0 Å². The standard InChI is InChI=1S/C16H21NO2S/c1-3-4-7-13-17(2)20(18,19)16-12-8-10-14-9-5-6-11-15(14)16/h5-6,8-12H,3-4,7,13H2,1-2H3. The van der Waals surface area contributed by atoms with Crippen molar-refractivity contribution < 1.29 is 8.42 Å². The maximum absolute atomic E-state index is 12.7. The Balaban J connectivity index is 2.37. The zero-order chi connectivity index (χ0) is 14.6. The van der Waals surface area contributed by atoms with E-state index in [1.54, 1.807) is 19.2 Å². The lowest BCUT2D eigenvalue weighted by Crippen LogP contribution is -2.28. The molecule has 0 bridgehead atoms. The minimum atomic E-state index is -3.41. The molecular weight excluding hydrogens is 270 g/mol. The SMILES string of the molecule is CCCCCN(C)S(=O)(=O)c1cccc2ccccc12. The average Bonchev–Trinajstić information content (AvgIpc) is 2.46. The molecule has 3 nitrogen and oxygen atoms in total. The maximum Gasteiger partial charge on any atom is 0.243 e. The molecule has 0 aliphatic rings. The van der Waals surface area contributed by atoms with Gasteiger partial charge in [-0.05, 0) is 17.9 Å². The van der Waals surface area contributed by atoms with Crippen LogP contribution in [0.15, 0.2) is 47.4 Å². The van der Waals surface area contributed by atoms with Gasteiger partial charge in [0.05, 0.1) is 4.90 Å². The van der Waals surface area contributed by atoms with Crippen molar-refractivity contribution in [3.05, 3.63) is 42.5 Å². The van der Waals surface area contributed by atoms with Gasteiger partial charge in [-0.1, -0.05) is 56.2 Å². The lowest BCUT2D eigenvalue weighted by atomic mass is 10.1. The molecule has 0 aliphatic heterocycles. The molecule has 0 amide bonds. The van der Waals surface area contributed by atoms with Crippen molar-refractivity contribution in [3.63, 3.8) is 0 Å². The van der Waals surface area contributed by atoms with Gasteiger partial charge >= 0.3 is 0 Å². The lowest BCUT2D eigenvalue weighted by Gasteiger charge is -2.18. The predicted octanol–water partition coefficient (Wildman–Crippen LogP) is 3.65. The largest absolute Gasteiger partial charge is 0.243 e. The van der Waals surface area contributed by atoms with E-state index in [1.165, 1.54) is 4.31 Å². The second kappa shape index (κ2) is 6.37. The van der Waals surface area contributed by atoms with Crippen LogP contribution < -0.4 is 0 Å². The topological polar surface area (TPSA) is 37.4 Å². The first-order valence-electron chi connectivity index (χ1n) is 7.01. The molecule has 0 saturated carbocycles. The molecule has 4 heteroatoms. The minimum absolute atomic E-state index is 0.398. The summed E-state index contributed by atoms with van der Waals surface area (Å²) in [6, 6.07) is 13.0. The third-order valence-corrected chi connectivity index (χ3v) is 5.43. The third-order valence-electron chi connectivity index (χ3n) is 3.51. The zero-order valence-electron chi connectivity index (χ0n) is 12.0. The van der Waals surface area contributed by atoms with Crippen LogP contribution in [0.3, 0.4) is 0 Å². The summed E-state index contributed by atoms with van der Waals surface area (Å²) in [4.78, 5) is 0.398. The highest BCUT2D eigenvalue weighted by molar-refractivity contribution is 7.89. The molecule has 0 heterocycles. The molecule has 0 N–H and O–H groups in total. The highest BCUT2D eigenvalue weighted by atomic mass is 32.2. The van der Waals surface area contributed by atoms with Crippen LogP contribution in [0.25, 0.3) is 10.8 Å². The fourth-order valence-electron chi connectivity index (χ4n) is 2.29. The number of sulfonamides is 1. The van der Waals surface area contributed by atoms with Crippen molar-refractivity contribution in [1.82, 2.24) is 4.31 Å². The Morgan fingerprint density at radius 3 is 2.45 bits per heavy atom. The van der Waals surface area contributed by atoms with Crippen LogP contribution in [0.4, 0.5) is 0 Å². The van der Waals surface area contributed by atoms with Crippen molar-refractivity contribution in [1.29, 1.82) is 0 Å². The van der Waals surface area contributed by atoms with E-state index < -0.39 is 10.0 Å². The van der Waals surface area contributed by atoms with Gasteiger partial charge in [-0.3, -0.25) is 0 Å². The second-order valence-corrected chi connectivity index (χ2v) is 7.02. The first-order valence-corrected chi connectivity index (χ1v) is 8.45. The van der Waals surface area contributed by atoms with Crippen molar-refractivity contribution >= 4 is 20.8 Å². The van der Waals surface area contributed by atoms with E-state index in [1.807, 2.05) is 30.3 Å². The Morgan fingerprint density at radius 2 is 1.70 bits per heavy atom. The van der Waals surface area contributed by atoms with E-state index in [9.17, 15) is 8.42 Å². The molecular formula is C16H21NO2S. The molecule has 2 rings (SSSR count). The van der Waals surface area contributed by atoms with Crippen LogP contribution in [0.5, 0.6) is 0 Å².